The molecule has 156 valence electrons. The SMILES string of the molecule is O=C(Nc1cnsc1OC1CCCNCC1)c1cccc(-c2c(F)cccc2F)n1. The van der Waals surface area contributed by atoms with Gasteiger partial charge in [0.15, 0.2) is 0 Å². The van der Waals surface area contributed by atoms with E-state index in [-0.39, 0.29) is 23.1 Å². The fourth-order valence-corrected chi connectivity index (χ4v) is 3.92. The van der Waals surface area contributed by atoms with Gasteiger partial charge in [0, 0.05) is 11.5 Å². The number of carbonyl (C=O) groups is 1. The molecule has 1 amide bonds. The van der Waals surface area contributed by atoms with E-state index in [0.29, 0.717) is 10.8 Å². The van der Waals surface area contributed by atoms with Crippen LogP contribution in [0.3, 0.4) is 0 Å². The highest BCUT2D eigenvalue weighted by Gasteiger charge is 2.20. The Morgan fingerprint density at radius 1 is 1.13 bits per heavy atom. The molecule has 2 N–H and O–H groups in total. The quantitative estimate of drug-likeness (QED) is 0.633. The van der Waals surface area contributed by atoms with E-state index in [1.165, 1.54) is 30.5 Å². The van der Waals surface area contributed by atoms with Crippen LogP contribution in [0.2, 0.25) is 0 Å². The van der Waals surface area contributed by atoms with Crippen LogP contribution in [-0.2, 0) is 0 Å². The number of amides is 1. The Bertz CT molecular complexity index is 1020. The van der Waals surface area contributed by atoms with Crippen molar-refractivity contribution in [3.63, 3.8) is 0 Å². The monoisotopic (exact) mass is 430 g/mol. The molecule has 1 aliphatic heterocycles. The zero-order chi connectivity index (χ0) is 20.9. The molecule has 1 unspecified atom stereocenters. The Labute approximate surface area is 176 Å². The van der Waals surface area contributed by atoms with E-state index in [2.05, 4.69) is 20.0 Å². The normalized spacial score (nSPS) is 16.7. The first kappa shape index (κ1) is 20.4. The summed E-state index contributed by atoms with van der Waals surface area (Å²) in [5, 5.41) is 6.60. The minimum atomic E-state index is -0.740. The van der Waals surface area contributed by atoms with Gasteiger partial charge in [-0.2, -0.15) is 4.37 Å². The van der Waals surface area contributed by atoms with Gasteiger partial charge in [-0.25, -0.2) is 13.8 Å². The predicted molar refractivity (Wildman–Crippen MR) is 111 cm³/mol. The van der Waals surface area contributed by atoms with Crippen LogP contribution in [0.25, 0.3) is 11.3 Å². The van der Waals surface area contributed by atoms with Crippen molar-refractivity contribution in [1.29, 1.82) is 0 Å². The van der Waals surface area contributed by atoms with Crippen LogP contribution < -0.4 is 15.4 Å². The second kappa shape index (κ2) is 9.27. The van der Waals surface area contributed by atoms with E-state index in [1.807, 2.05) is 0 Å². The molecule has 0 saturated carbocycles. The molecule has 1 fully saturated rings. The number of hydrogen-bond donors (Lipinski definition) is 2. The first-order valence-electron chi connectivity index (χ1n) is 9.66. The molecule has 1 saturated heterocycles. The van der Waals surface area contributed by atoms with Gasteiger partial charge in [-0.3, -0.25) is 4.79 Å². The van der Waals surface area contributed by atoms with E-state index in [1.54, 1.807) is 0 Å². The summed E-state index contributed by atoms with van der Waals surface area (Å²) in [4.78, 5) is 16.9. The summed E-state index contributed by atoms with van der Waals surface area (Å²) in [6.45, 7) is 1.85. The molecule has 30 heavy (non-hydrogen) atoms. The number of pyridine rings is 1. The number of nitrogens with zero attached hydrogens (tertiary/aromatic N) is 2. The topological polar surface area (TPSA) is 76.1 Å². The van der Waals surface area contributed by atoms with E-state index in [0.717, 1.165) is 56.0 Å². The summed E-state index contributed by atoms with van der Waals surface area (Å²) >= 11 is 1.16. The number of hydrogen-bond acceptors (Lipinski definition) is 6. The molecule has 4 rings (SSSR count). The molecule has 6 nitrogen and oxygen atoms in total. The molecular weight excluding hydrogens is 410 g/mol. The molecular formula is C21H20F2N4O2S. The van der Waals surface area contributed by atoms with E-state index in [9.17, 15) is 13.6 Å². The van der Waals surface area contributed by atoms with Crippen LogP contribution in [0.1, 0.15) is 29.8 Å². The van der Waals surface area contributed by atoms with Crippen molar-refractivity contribution in [2.45, 2.75) is 25.4 Å². The maximum atomic E-state index is 14.1. The van der Waals surface area contributed by atoms with Gasteiger partial charge < -0.3 is 15.4 Å². The maximum Gasteiger partial charge on any atom is 0.274 e. The summed E-state index contributed by atoms with van der Waals surface area (Å²) in [6, 6.07) is 8.05. The molecule has 0 bridgehead atoms. The minimum Gasteiger partial charge on any atom is -0.478 e. The first-order chi connectivity index (χ1) is 14.6. The van der Waals surface area contributed by atoms with Crippen molar-refractivity contribution in [2.24, 2.45) is 0 Å². The lowest BCUT2D eigenvalue weighted by Crippen LogP contribution is -2.20. The molecule has 9 heteroatoms. The van der Waals surface area contributed by atoms with Crippen LogP contribution in [0.4, 0.5) is 14.5 Å². The highest BCUT2D eigenvalue weighted by atomic mass is 32.1. The maximum absolute atomic E-state index is 14.1. The summed E-state index contributed by atoms with van der Waals surface area (Å²) in [5.74, 6) is -1.99. The summed E-state index contributed by atoms with van der Waals surface area (Å²) in [6.07, 6.45) is 4.41. The Morgan fingerprint density at radius 2 is 1.93 bits per heavy atom. The Kier molecular flexibility index (Phi) is 6.29. The first-order valence-corrected chi connectivity index (χ1v) is 10.4. The number of benzene rings is 1. The van der Waals surface area contributed by atoms with Gasteiger partial charge in [0.2, 0.25) is 5.06 Å². The van der Waals surface area contributed by atoms with Gasteiger partial charge in [0.1, 0.15) is 29.1 Å². The molecule has 0 aliphatic carbocycles. The number of halogens is 2. The van der Waals surface area contributed by atoms with Crippen molar-refractivity contribution in [1.82, 2.24) is 14.7 Å². The highest BCUT2D eigenvalue weighted by Crippen LogP contribution is 2.32. The van der Waals surface area contributed by atoms with Crippen LogP contribution >= 0.6 is 11.5 Å². The fourth-order valence-electron chi connectivity index (χ4n) is 3.28. The van der Waals surface area contributed by atoms with Crippen molar-refractivity contribution >= 4 is 23.1 Å². The number of carbonyl (C=O) groups excluding carboxylic acids is 1. The molecule has 0 spiro atoms. The van der Waals surface area contributed by atoms with Gasteiger partial charge in [0.25, 0.3) is 5.91 Å². The molecule has 1 aromatic carbocycles. The fraction of sp³-hybridized carbons (Fsp3) is 0.286. The average molecular weight is 430 g/mol. The standard InChI is InChI=1S/C21H20F2N4O2S/c22-14-5-1-6-15(23)19(14)16-7-2-8-17(26-16)20(28)27-18-12-25-30-21(18)29-13-4-3-10-24-11-9-13/h1-2,5-8,12-13,24H,3-4,9-11H2,(H,27,28). The summed E-state index contributed by atoms with van der Waals surface area (Å²) in [5.41, 5.74) is 0.261. The lowest BCUT2D eigenvalue weighted by atomic mass is 10.1. The highest BCUT2D eigenvalue weighted by molar-refractivity contribution is 7.08. The van der Waals surface area contributed by atoms with Gasteiger partial charge in [-0.1, -0.05) is 12.1 Å². The lowest BCUT2D eigenvalue weighted by molar-refractivity contribution is 0.102. The van der Waals surface area contributed by atoms with Gasteiger partial charge in [-0.15, -0.1) is 0 Å². The average Bonchev–Trinajstić information content (AvgIpc) is 3.00. The zero-order valence-corrected chi connectivity index (χ0v) is 16.8. The number of aromatic nitrogens is 2. The van der Waals surface area contributed by atoms with Crippen LogP contribution in [-0.4, -0.2) is 34.5 Å². The molecule has 2 aromatic heterocycles. The Morgan fingerprint density at radius 3 is 2.77 bits per heavy atom. The third kappa shape index (κ3) is 4.63. The van der Waals surface area contributed by atoms with Crippen molar-refractivity contribution < 1.29 is 18.3 Å². The van der Waals surface area contributed by atoms with Crippen molar-refractivity contribution in [3.05, 3.63) is 59.9 Å². The largest absolute Gasteiger partial charge is 0.478 e. The van der Waals surface area contributed by atoms with Gasteiger partial charge in [-0.05, 0) is 56.6 Å². The molecule has 3 aromatic rings. The molecule has 1 atom stereocenters. The number of nitrogens with one attached hydrogen (secondary N) is 2. The van der Waals surface area contributed by atoms with Crippen molar-refractivity contribution in [2.75, 3.05) is 18.4 Å². The van der Waals surface area contributed by atoms with E-state index >= 15 is 0 Å². The molecule has 3 heterocycles. The van der Waals surface area contributed by atoms with Crippen molar-refractivity contribution in [3.8, 4) is 16.3 Å². The Balaban J connectivity index is 1.51. The second-order valence-electron chi connectivity index (χ2n) is 6.91. The zero-order valence-electron chi connectivity index (χ0n) is 16.0. The van der Waals surface area contributed by atoms with Crippen LogP contribution in [0.15, 0.2) is 42.6 Å². The minimum absolute atomic E-state index is 0.0333. The third-order valence-electron chi connectivity index (χ3n) is 4.78. The van der Waals surface area contributed by atoms with Gasteiger partial charge >= 0.3 is 0 Å². The summed E-state index contributed by atoms with van der Waals surface area (Å²) in [7, 11) is 0. The number of rotatable bonds is 5. The van der Waals surface area contributed by atoms with E-state index in [4.69, 9.17) is 4.74 Å². The lowest BCUT2D eigenvalue weighted by Gasteiger charge is -2.16. The smallest absolute Gasteiger partial charge is 0.274 e. The molecule has 1 aliphatic rings. The number of anilines is 1. The van der Waals surface area contributed by atoms with Gasteiger partial charge in [0.05, 0.1) is 17.5 Å². The Hall–Kier alpha value is -2.91. The molecule has 0 radical (unpaired) electrons. The van der Waals surface area contributed by atoms with E-state index < -0.39 is 17.5 Å². The van der Waals surface area contributed by atoms with Crippen LogP contribution in [0, 0.1) is 11.6 Å². The predicted octanol–water partition coefficient (Wildman–Crippen LogP) is 4.26. The third-order valence-corrected chi connectivity index (χ3v) is 5.48. The number of ether oxygens (including phenoxy) is 1. The summed E-state index contributed by atoms with van der Waals surface area (Å²) < 4.78 is 38.3. The van der Waals surface area contributed by atoms with Crippen LogP contribution in [0.5, 0.6) is 5.06 Å². The second-order valence-corrected chi connectivity index (χ2v) is 7.67.